The Hall–Kier alpha value is -1.62. The van der Waals surface area contributed by atoms with E-state index in [0.29, 0.717) is 11.4 Å². The van der Waals surface area contributed by atoms with Gasteiger partial charge < -0.3 is 5.11 Å². The fraction of sp³-hybridized carbons (Fsp3) is 0.231. The van der Waals surface area contributed by atoms with E-state index in [1.807, 2.05) is 25.1 Å². The molecule has 0 bridgehead atoms. The summed E-state index contributed by atoms with van der Waals surface area (Å²) in [6, 6.07) is 5.52. The van der Waals surface area contributed by atoms with Crippen molar-refractivity contribution >= 4 is 33.5 Å². The lowest BCUT2D eigenvalue weighted by Gasteiger charge is -2.18. The second-order valence-electron chi connectivity index (χ2n) is 4.21. The number of amides is 1. The number of carboxylic acid groups (broad SMARTS) is 1. The molecule has 1 N–H and O–H groups in total. The Kier molecular flexibility index (Phi) is 3.26. The molecule has 1 heterocycles. The van der Waals surface area contributed by atoms with Crippen molar-refractivity contribution in [2.75, 3.05) is 4.90 Å². The normalized spacial score (nSPS) is 15.5. The lowest BCUT2D eigenvalue weighted by atomic mass is 10.2. The summed E-state index contributed by atoms with van der Waals surface area (Å²) < 4.78 is 0.893. The van der Waals surface area contributed by atoms with Crippen LogP contribution < -0.4 is 4.90 Å². The number of carbonyl (C=O) groups excluding carboxylic acids is 1. The van der Waals surface area contributed by atoms with E-state index in [0.717, 1.165) is 10.0 Å². The highest BCUT2D eigenvalue weighted by Crippen LogP contribution is 2.32. The Bertz CT molecular complexity index is 578. The highest BCUT2D eigenvalue weighted by molar-refractivity contribution is 9.10. The van der Waals surface area contributed by atoms with E-state index in [4.69, 9.17) is 5.11 Å². The van der Waals surface area contributed by atoms with Crippen LogP contribution in [0.3, 0.4) is 0 Å². The van der Waals surface area contributed by atoms with Gasteiger partial charge in [0.15, 0.2) is 0 Å². The molecule has 0 aromatic heterocycles. The number of halogens is 1. The topological polar surface area (TPSA) is 57.6 Å². The van der Waals surface area contributed by atoms with Gasteiger partial charge in [0.1, 0.15) is 0 Å². The van der Waals surface area contributed by atoms with E-state index in [1.165, 1.54) is 4.90 Å². The van der Waals surface area contributed by atoms with Crippen LogP contribution in [-0.2, 0) is 9.59 Å². The largest absolute Gasteiger partial charge is 0.478 e. The van der Waals surface area contributed by atoms with Crippen molar-refractivity contribution < 1.29 is 14.7 Å². The molecular weight excluding hydrogens is 298 g/mol. The third kappa shape index (κ3) is 2.06. The maximum atomic E-state index is 11.9. The van der Waals surface area contributed by atoms with E-state index >= 15 is 0 Å². The number of carboxylic acids is 1. The molecule has 1 aliphatic rings. The summed E-state index contributed by atoms with van der Waals surface area (Å²) in [4.78, 5) is 24.4. The predicted octanol–water partition coefficient (Wildman–Crippen LogP) is 2.85. The van der Waals surface area contributed by atoms with Gasteiger partial charge >= 0.3 is 5.97 Å². The van der Waals surface area contributed by atoms with Crippen LogP contribution in [0, 0.1) is 6.92 Å². The summed E-state index contributed by atoms with van der Waals surface area (Å²) in [6.45, 7) is 3.60. The predicted molar refractivity (Wildman–Crippen MR) is 71.3 cm³/mol. The number of aryl methyl sites for hydroxylation is 1. The first-order valence-corrected chi connectivity index (χ1v) is 6.23. The van der Waals surface area contributed by atoms with E-state index in [-0.39, 0.29) is 17.9 Å². The molecule has 0 unspecified atom stereocenters. The van der Waals surface area contributed by atoms with E-state index < -0.39 is 5.97 Å². The Morgan fingerprint density at radius 1 is 1.39 bits per heavy atom. The monoisotopic (exact) mass is 309 g/mol. The minimum atomic E-state index is -1.03. The Morgan fingerprint density at radius 3 is 2.56 bits per heavy atom. The van der Waals surface area contributed by atoms with Gasteiger partial charge in [0, 0.05) is 15.9 Å². The van der Waals surface area contributed by atoms with Crippen molar-refractivity contribution in [1.82, 2.24) is 0 Å². The molecule has 0 spiro atoms. The molecule has 1 aromatic carbocycles. The van der Waals surface area contributed by atoms with Crippen molar-refractivity contribution in [3.05, 3.63) is 39.5 Å². The number of benzene rings is 1. The molecular formula is C13H12BrNO3. The van der Waals surface area contributed by atoms with Gasteiger partial charge in [-0.15, -0.1) is 0 Å². The molecule has 0 fully saturated rings. The minimum Gasteiger partial charge on any atom is -0.478 e. The number of hydrogen-bond acceptors (Lipinski definition) is 2. The van der Waals surface area contributed by atoms with Crippen LogP contribution in [0.1, 0.15) is 18.9 Å². The first-order valence-electron chi connectivity index (χ1n) is 5.44. The van der Waals surface area contributed by atoms with Gasteiger partial charge in [-0.1, -0.05) is 22.0 Å². The summed E-state index contributed by atoms with van der Waals surface area (Å²) in [5.74, 6) is -1.24. The maximum absolute atomic E-state index is 11.9. The van der Waals surface area contributed by atoms with Gasteiger partial charge in [0.2, 0.25) is 5.91 Å². The fourth-order valence-electron chi connectivity index (χ4n) is 1.97. The van der Waals surface area contributed by atoms with Gasteiger partial charge in [-0.2, -0.15) is 0 Å². The van der Waals surface area contributed by atoms with Crippen LogP contribution in [0.15, 0.2) is 33.9 Å². The molecule has 0 radical (unpaired) electrons. The molecule has 18 heavy (non-hydrogen) atoms. The summed E-state index contributed by atoms with van der Waals surface area (Å²) in [5.41, 5.74) is 2.40. The molecule has 94 valence electrons. The van der Waals surface area contributed by atoms with Crippen molar-refractivity contribution in [2.24, 2.45) is 0 Å². The molecule has 1 aliphatic heterocycles. The molecule has 0 atom stereocenters. The zero-order valence-corrected chi connectivity index (χ0v) is 11.6. The Morgan fingerprint density at radius 2 is 2.06 bits per heavy atom. The number of allylic oxidation sites excluding steroid dienone is 1. The fourth-order valence-corrected chi connectivity index (χ4v) is 2.34. The van der Waals surface area contributed by atoms with E-state index in [1.54, 1.807) is 6.92 Å². The first kappa shape index (κ1) is 12.8. The quantitative estimate of drug-likeness (QED) is 0.914. The zero-order valence-electron chi connectivity index (χ0n) is 10.0. The molecule has 5 heteroatoms. The van der Waals surface area contributed by atoms with Crippen LogP contribution in [0.2, 0.25) is 0 Å². The van der Waals surface area contributed by atoms with E-state index in [9.17, 15) is 9.59 Å². The second-order valence-corrected chi connectivity index (χ2v) is 5.06. The third-order valence-corrected chi connectivity index (χ3v) is 3.88. The Labute approximate surface area is 113 Å². The Balaban J connectivity index is 2.47. The number of hydrogen-bond donors (Lipinski definition) is 1. The lowest BCUT2D eigenvalue weighted by Crippen LogP contribution is -2.23. The number of rotatable bonds is 2. The first-order chi connectivity index (χ1) is 8.41. The summed E-state index contributed by atoms with van der Waals surface area (Å²) in [5, 5.41) is 9.02. The van der Waals surface area contributed by atoms with Crippen LogP contribution in [0.25, 0.3) is 0 Å². The van der Waals surface area contributed by atoms with Crippen molar-refractivity contribution in [3.63, 3.8) is 0 Å². The summed E-state index contributed by atoms with van der Waals surface area (Å²) in [6.07, 6.45) is -0.0489. The van der Waals surface area contributed by atoms with Crippen LogP contribution in [-0.4, -0.2) is 17.0 Å². The maximum Gasteiger partial charge on any atom is 0.333 e. The average molecular weight is 310 g/mol. The van der Waals surface area contributed by atoms with Crippen molar-refractivity contribution in [1.29, 1.82) is 0 Å². The third-order valence-electron chi connectivity index (χ3n) is 3.02. The summed E-state index contributed by atoms with van der Waals surface area (Å²) in [7, 11) is 0. The second kappa shape index (κ2) is 4.57. The van der Waals surface area contributed by atoms with Crippen molar-refractivity contribution in [2.45, 2.75) is 20.3 Å². The molecule has 1 aromatic rings. The molecule has 2 rings (SSSR count). The highest BCUT2D eigenvalue weighted by atomic mass is 79.9. The number of anilines is 1. The van der Waals surface area contributed by atoms with Gasteiger partial charge in [-0.05, 0) is 31.5 Å². The zero-order chi connectivity index (χ0) is 13.4. The van der Waals surface area contributed by atoms with Crippen LogP contribution in [0.4, 0.5) is 5.69 Å². The lowest BCUT2D eigenvalue weighted by molar-refractivity contribution is -0.133. The molecule has 0 saturated carbocycles. The van der Waals surface area contributed by atoms with Gasteiger partial charge in [0.05, 0.1) is 12.0 Å². The number of aliphatic carboxylic acids is 1. The number of carbonyl (C=O) groups is 2. The average Bonchev–Trinajstić information content (AvgIpc) is 2.59. The standard InChI is InChI=1S/C13H12BrNO3/c1-7-3-4-9(5-11(7)14)15-8(2)10(13(17)18)6-12(15)16/h3-5H,6H2,1-2H3,(H,17,18). The van der Waals surface area contributed by atoms with Crippen molar-refractivity contribution in [3.8, 4) is 0 Å². The highest BCUT2D eigenvalue weighted by Gasteiger charge is 2.32. The van der Waals surface area contributed by atoms with Gasteiger partial charge in [-0.25, -0.2) is 4.79 Å². The molecule has 0 aliphatic carbocycles. The molecule has 4 nitrogen and oxygen atoms in total. The van der Waals surface area contributed by atoms with Crippen LogP contribution >= 0.6 is 15.9 Å². The minimum absolute atomic E-state index is 0.0489. The van der Waals surface area contributed by atoms with Crippen LogP contribution in [0.5, 0.6) is 0 Å². The number of nitrogens with zero attached hydrogens (tertiary/aromatic N) is 1. The smallest absolute Gasteiger partial charge is 0.333 e. The molecule has 1 amide bonds. The SMILES string of the molecule is CC1=C(C(=O)O)CC(=O)N1c1ccc(C)c(Br)c1. The van der Waals surface area contributed by atoms with Gasteiger partial charge in [-0.3, -0.25) is 9.69 Å². The van der Waals surface area contributed by atoms with Gasteiger partial charge in [0.25, 0.3) is 0 Å². The molecule has 0 saturated heterocycles. The van der Waals surface area contributed by atoms with E-state index in [2.05, 4.69) is 15.9 Å². The summed E-state index contributed by atoms with van der Waals surface area (Å²) >= 11 is 3.41.